The highest BCUT2D eigenvalue weighted by Crippen LogP contribution is 2.23. The molecule has 0 aliphatic heterocycles. The molecule has 0 radical (unpaired) electrons. The monoisotopic (exact) mass is 274 g/mol. The predicted octanol–water partition coefficient (Wildman–Crippen LogP) is 3.59. The molecular weight excluding hydrogens is 252 g/mol. The van der Waals surface area contributed by atoms with Gasteiger partial charge in [0.1, 0.15) is 0 Å². The Labute approximate surface area is 119 Å². The number of hydrogen-bond acceptors (Lipinski definition) is 2. The minimum absolute atomic E-state index is 0.00467. The number of nitrogens with one attached hydrogen (secondary N) is 2. The number of Topliss-reactive ketones (excluding diaryl/α,β-unsaturated/α-hetero) is 1. The molecule has 2 amide bonds. The molecule has 0 aromatic heterocycles. The van der Waals surface area contributed by atoms with Gasteiger partial charge in [-0.1, -0.05) is 31.9 Å². The topological polar surface area (TPSA) is 58.2 Å². The molecule has 1 aromatic rings. The first kappa shape index (κ1) is 14.6. The van der Waals surface area contributed by atoms with Crippen LogP contribution in [0.4, 0.5) is 10.5 Å². The lowest BCUT2D eigenvalue weighted by Gasteiger charge is -2.29. The van der Waals surface area contributed by atoms with Crippen LogP contribution >= 0.6 is 0 Å². The van der Waals surface area contributed by atoms with E-state index in [1.54, 1.807) is 24.3 Å². The van der Waals surface area contributed by atoms with Crippen molar-refractivity contribution < 1.29 is 9.59 Å². The van der Waals surface area contributed by atoms with E-state index in [0.717, 1.165) is 6.42 Å². The van der Waals surface area contributed by atoms with Crippen LogP contribution in [0.25, 0.3) is 0 Å². The Balaban J connectivity index is 1.94. The van der Waals surface area contributed by atoms with Gasteiger partial charge < -0.3 is 10.6 Å². The summed E-state index contributed by atoms with van der Waals surface area (Å²) in [5.74, 6) is 0.521. The van der Waals surface area contributed by atoms with Crippen LogP contribution in [0.1, 0.15) is 49.9 Å². The van der Waals surface area contributed by atoms with Crippen molar-refractivity contribution in [1.29, 1.82) is 0 Å². The van der Waals surface area contributed by atoms with Gasteiger partial charge in [0.05, 0.1) is 0 Å². The average Bonchev–Trinajstić information content (AvgIpc) is 2.41. The summed E-state index contributed by atoms with van der Waals surface area (Å²) < 4.78 is 0. The molecule has 2 atom stereocenters. The predicted molar refractivity (Wildman–Crippen MR) is 80.0 cm³/mol. The van der Waals surface area contributed by atoms with Crippen molar-refractivity contribution in [3.63, 3.8) is 0 Å². The van der Waals surface area contributed by atoms with Crippen LogP contribution in [0.15, 0.2) is 24.3 Å². The Morgan fingerprint density at radius 3 is 2.65 bits per heavy atom. The molecule has 2 N–H and O–H groups in total. The molecular formula is C16H22N2O2. The number of carbonyl (C=O) groups excluding carboxylic acids is 2. The SMILES string of the molecule is CC(=O)c1cccc(NC(=O)N[C@H]2CCCC[C@H]2C)c1. The number of amides is 2. The van der Waals surface area contributed by atoms with Gasteiger partial charge in [0, 0.05) is 17.3 Å². The van der Waals surface area contributed by atoms with Crippen LogP contribution < -0.4 is 10.6 Å². The van der Waals surface area contributed by atoms with Crippen molar-refractivity contribution in [2.75, 3.05) is 5.32 Å². The Morgan fingerprint density at radius 2 is 1.95 bits per heavy atom. The van der Waals surface area contributed by atoms with Gasteiger partial charge in [-0.3, -0.25) is 4.79 Å². The van der Waals surface area contributed by atoms with Crippen molar-refractivity contribution in [3.05, 3.63) is 29.8 Å². The summed E-state index contributed by atoms with van der Waals surface area (Å²) >= 11 is 0. The Bertz CT molecular complexity index is 499. The maximum Gasteiger partial charge on any atom is 0.319 e. The van der Waals surface area contributed by atoms with Crippen LogP contribution in [-0.4, -0.2) is 17.9 Å². The first-order valence-corrected chi connectivity index (χ1v) is 7.25. The van der Waals surface area contributed by atoms with Crippen molar-refractivity contribution in [3.8, 4) is 0 Å². The van der Waals surface area contributed by atoms with E-state index in [2.05, 4.69) is 17.6 Å². The zero-order valence-corrected chi connectivity index (χ0v) is 12.1. The summed E-state index contributed by atoms with van der Waals surface area (Å²) in [5, 5.41) is 5.83. The number of rotatable bonds is 3. The molecule has 4 nitrogen and oxygen atoms in total. The minimum atomic E-state index is -0.190. The van der Waals surface area contributed by atoms with Gasteiger partial charge >= 0.3 is 6.03 Å². The van der Waals surface area contributed by atoms with Gasteiger partial charge in [-0.25, -0.2) is 4.79 Å². The van der Waals surface area contributed by atoms with Crippen molar-refractivity contribution in [2.45, 2.75) is 45.6 Å². The minimum Gasteiger partial charge on any atom is -0.335 e. The standard InChI is InChI=1S/C16H22N2O2/c1-11-6-3-4-9-15(11)18-16(20)17-14-8-5-7-13(10-14)12(2)19/h5,7-8,10-11,15H,3-4,6,9H2,1-2H3,(H2,17,18,20)/t11-,15+/m1/s1. The maximum absolute atomic E-state index is 12.0. The summed E-state index contributed by atoms with van der Waals surface area (Å²) in [6, 6.07) is 7.07. The molecule has 0 spiro atoms. The van der Waals surface area contributed by atoms with E-state index in [1.807, 2.05) is 0 Å². The van der Waals surface area contributed by atoms with E-state index in [0.29, 0.717) is 17.2 Å². The number of anilines is 1. The molecule has 0 saturated heterocycles. The zero-order chi connectivity index (χ0) is 14.5. The molecule has 0 unspecified atom stereocenters. The van der Waals surface area contributed by atoms with Gasteiger partial charge in [-0.15, -0.1) is 0 Å². The van der Waals surface area contributed by atoms with Gasteiger partial charge in [0.2, 0.25) is 0 Å². The van der Waals surface area contributed by atoms with Crippen LogP contribution in [-0.2, 0) is 0 Å². The second kappa shape index (κ2) is 6.55. The van der Waals surface area contributed by atoms with Crippen molar-refractivity contribution in [1.82, 2.24) is 5.32 Å². The third-order valence-electron chi connectivity index (χ3n) is 3.95. The lowest BCUT2D eigenvalue weighted by molar-refractivity contribution is 0.101. The van der Waals surface area contributed by atoms with E-state index in [1.165, 1.54) is 26.2 Å². The highest BCUT2D eigenvalue weighted by atomic mass is 16.2. The van der Waals surface area contributed by atoms with E-state index < -0.39 is 0 Å². The fourth-order valence-electron chi connectivity index (χ4n) is 2.68. The fourth-order valence-corrected chi connectivity index (χ4v) is 2.68. The third kappa shape index (κ3) is 3.83. The summed E-state index contributed by atoms with van der Waals surface area (Å²) in [6.07, 6.45) is 4.64. The number of urea groups is 1. The molecule has 2 rings (SSSR count). The van der Waals surface area contributed by atoms with Gasteiger partial charge in [-0.2, -0.15) is 0 Å². The van der Waals surface area contributed by atoms with Gasteiger partial charge in [0.15, 0.2) is 5.78 Å². The lowest BCUT2D eigenvalue weighted by atomic mass is 9.86. The van der Waals surface area contributed by atoms with Crippen LogP contribution in [0.2, 0.25) is 0 Å². The van der Waals surface area contributed by atoms with Crippen molar-refractivity contribution in [2.24, 2.45) is 5.92 Å². The first-order valence-electron chi connectivity index (χ1n) is 7.25. The maximum atomic E-state index is 12.0. The summed E-state index contributed by atoms with van der Waals surface area (Å²) in [5.41, 5.74) is 1.26. The van der Waals surface area contributed by atoms with E-state index in [9.17, 15) is 9.59 Å². The Hall–Kier alpha value is -1.84. The number of ketones is 1. The third-order valence-corrected chi connectivity index (χ3v) is 3.95. The largest absolute Gasteiger partial charge is 0.335 e. The molecule has 108 valence electrons. The Kier molecular flexibility index (Phi) is 4.77. The lowest BCUT2D eigenvalue weighted by Crippen LogP contribution is -2.43. The molecule has 1 aromatic carbocycles. The highest BCUT2D eigenvalue weighted by Gasteiger charge is 2.22. The van der Waals surface area contributed by atoms with Crippen LogP contribution in [0.5, 0.6) is 0 Å². The summed E-state index contributed by atoms with van der Waals surface area (Å²) in [4.78, 5) is 23.3. The average molecular weight is 274 g/mol. The molecule has 0 bridgehead atoms. The second-order valence-corrected chi connectivity index (χ2v) is 5.60. The normalized spacial score (nSPS) is 22.1. The number of carbonyl (C=O) groups is 2. The smallest absolute Gasteiger partial charge is 0.319 e. The van der Waals surface area contributed by atoms with Crippen LogP contribution in [0.3, 0.4) is 0 Å². The van der Waals surface area contributed by atoms with Crippen LogP contribution in [0, 0.1) is 5.92 Å². The molecule has 1 fully saturated rings. The summed E-state index contributed by atoms with van der Waals surface area (Å²) in [6.45, 7) is 3.70. The molecule has 20 heavy (non-hydrogen) atoms. The molecule has 4 heteroatoms. The highest BCUT2D eigenvalue weighted by molar-refractivity contribution is 5.96. The number of benzene rings is 1. The molecule has 1 saturated carbocycles. The second-order valence-electron chi connectivity index (χ2n) is 5.60. The first-order chi connectivity index (χ1) is 9.56. The van der Waals surface area contributed by atoms with Crippen molar-refractivity contribution >= 4 is 17.5 Å². The van der Waals surface area contributed by atoms with Gasteiger partial charge in [0.25, 0.3) is 0 Å². The van der Waals surface area contributed by atoms with Gasteiger partial charge in [-0.05, 0) is 37.8 Å². The Morgan fingerprint density at radius 1 is 1.20 bits per heavy atom. The number of hydrogen-bond donors (Lipinski definition) is 2. The molecule has 1 aliphatic rings. The van der Waals surface area contributed by atoms with E-state index >= 15 is 0 Å². The zero-order valence-electron chi connectivity index (χ0n) is 12.1. The van der Waals surface area contributed by atoms with E-state index in [4.69, 9.17) is 0 Å². The van der Waals surface area contributed by atoms with E-state index in [-0.39, 0.29) is 17.9 Å². The summed E-state index contributed by atoms with van der Waals surface area (Å²) in [7, 11) is 0. The fraction of sp³-hybridized carbons (Fsp3) is 0.500. The molecule has 0 heterocycles. The quantitative estimate of drug-likeness (QED) is 0.827. The molecule has 1 aliphatic carbocycles.